The molecule has 3 N–H and O–H groups in total. The number of aromatic nitrogens is 2. The molecule has 0 radical (unpaired) electrons. The van der Waals surface area contributed by atoms with Gasteiger partial charge in [0.2, 0.25) is 0 Å². The Kier molecular flexibility index (Phi) is 7.64. The molecule has 1 aromatic carbocycles. The summed E-state index contributed by atoms with van der Waals surface area (Å²) >= 11 is 0. The first-order valence-electron chi connectivity index (χ1n) is 12.7. The minimum atomic E-state index is -4.24. The Labute approximate surface area is 226 Å². The van der Waals surface area contributed by atoms with E-state index in [1.54, 1.807) is 12.1 Å². The van der Waals surface area contributed by atoms with E-state index in [1.807, 2.05) is 24.3 Å². The number of carbonyl (C=O) groups excluding carboxylic acids is 1. The number of rotatable bonds is 8. The van der Waals surface area contributed by atoms with Crippen molar-refractivity contribution in [3.63, 3.8) is 0 Å². The number of hydrogen-bond donors (Lipinski definition) is 2. The van der Waals surface area contributed by atoms with E-state index in [4.69, 9.17) is 15.5 Å². The van der Waals surface area contributed by atoms with E-state index in [0.717, 1.165) is 17.7 Å². The van der Waals surface area contributed by atoms with Gasteiger partial charge >= 0.3 is 0 Å². The number of benzene rings is 1. The standard InChI is InChI=1S/C28H35N5O4S.H2/c1-18(2)17-37-21-11-9-20(10-12-21)23-14-13-22(26(30-23)33-16-19(3)15-28(33,4)5)27(34)32-38(35,36)25-8-6-7-24(29)31-25;/h6-14,18-19H,15-17H2,1-5H3,(H2,29,31)(H,32,34);1H. The maximum absolute atomic E-state index is 13.4. The van der Waals surface area contributed by atoms with E-state index in [-0.39, 0.29) is 23.4 Å². The number of pyridine rings is 2. The Hall–Kier alpha value is -3.66. The van der Waals surface area contributed by atoms with Gasteiger partial charge in [-0.3, -0.25) is 4.79 Å². The lowest BCUT2D eigenvalue weighted by molar-refractivity contribution is 0.0981. The topological polar surface area (TPSA) is 128 Å². The first-order chi connectivity index (χ1) is 17.9. The van der Waals surface area contributed by atoms with Crippen LogP contribution in [0.4, 0.5) is 11.6 Å². The van der Waals surface area contributed by atoms with Crippen molar-refractivity contribution >= 4 is 27.6 Å². The molecule has 1 saturated heterocycles. The van der Waals surface area contributed by atoms with Gasteiger partial charge in [-0.25, -0.2) is 14.7 Å². The molecular formula is C28H37N5O4S. The number of nitrogens with two attached hydrogens (primary N) is 1. The summed E-state index contributed by atoms with van der Waals surface area (Å²) in [6.45, 7) is 11.8. The molecule has 1 aliphatic heterocycles. The van der Waals surface area contributed by atoms with E-state index in [9.17, 15) is 13.2 Å². The minimum Gasteiger partial charge on any atom is -0.493 e. The highest BCUT2D eigenvalue weighted by molar-refractivity contribution is 7.90. The minimum absolute atomic E-state index is 0. The fraction of sp³-hybridized carbons (Fsp3) is 0.393. The third-order valence-electron chi connectivity index (χ3n) is 6.43. The number of amides is 1. The molecule has 1 atom stereocenters. The smallest absolute Gasteiger partial charge is 0.281 e. The van der Waals surface area contributed by atoms with Gasteiger partial charge in [-0.05, 0) is 80.6 Å². The molecule has 1 amide bonds. The zero-order valence-electron chi connectivity index (χ0n) is 22.4. The van der Waals surface area contributed by atoms with Crippen molar-refractivity contribution < 1.29 is 19.4 Å². The van der Waals surface area contributed by atoms with Gasteiger partial charge in [-0.1, -0.05) is 26.8 Å². The molecule has 0 saturated carbocycles. The Morgan fingerprint density at radius 2 is 1.87 bits per heavy atom. The van der Waals surface area contributed by atoms with Crippen molar-refractivity contribution in [3.8, 4) is 17.0 Å². The third-order valence-corrected chi connectivity index (χ3v) is 7.66. The molecule has 10 heteroatoms. The second kappa shape index (κ2) is 10.6. The molecule has 0 spiro atoms. The Balaban J connectivity index is 0.00000420. The number of nitrogens with one attached hydrogen (secondary N) is 1. The second-order valence-electron chi connectivity index (χ2n) is 10.9. The lowest BCUT2D eigenvalue weighted by Gasteiger charge is -2.34. The fourth-order valence-electron chi connectivity index (χ4n) is 4.75. The fourth-order valence-corrected chi connectivity index (χ4v) is 5.69. The molecule has 0 aliphatic carbocycles. The van der Waals surface area contributed by atoms with Crippen LogP contribution in [0.3, 0.4) is 0 Å². The summed E-state index contributed by atoms with van der Waals surface area (Å²) in [5.74, 6) is 1.27. The van der Waals surface area contributed by atoms with Crippen molar-refractivity contribution in [2.75, 3.05) is 23.8 Å². The van der Waals surface area contributed by atoms with Crippen molar-refractivity contribution in [3.05, 3.63) is 60.2 Å². The average Bonchev–Trinajstić information content (AvgIpc) is 3.14. The average molecular weight is 540 g/mol. The normalized spacial score (nSPS) is 17.0. The maximum atomic E-state index is 13.4. The van der Waals surface area contributed by atoms with Gasteiger partial charge in [-0.15, -0.1) is 0 Å². The quantitative estimate of drug-likeness (QED) is 0.420. The molecular weight excluding hydrogens is 502 g/mol. The van der Waals surface area contributed by atoms with Gasteiger partial charge in [0.1, 0.15) is 17.4 Å². The number of carbonyl (C=O) groups is 1. The van der Waals surface area contributed by atoms with Gasteiger partial charge in [0.05, 0.1) is 17.9 Å². The first-order valence-corrected chi connectivity index (χ1v) is 14.2. The van der Waals surface area contributed by atoms with Crippen LogP contribution in [0.5, 0.6) is 5.75 Å². The van der Waals surface area contributed by atoms with Gasteiger partial charge in [0.15, 0.2) is 5.03 Å². The molecule has 2 aromatic heterocycles. The molecule has 204 valence electrons. The molecule has 9 nitrogen and oxygen atoms in total. The van der Waals surface area contributed by atoms with Crippen LogP contribution in [0.2, 0.25) is 0 Å². The number of ether oxygens (including phenoxy) is 1. The van der Waals surface area contributed by atoms with E-state index < -0.39 is 15.9 Å². The van der Waals surface area contributed by atoms with E-state index >= 15 is 0 Å². The van der Waals surface area contributed by atoms with Crippen LogP contribution in [0, 0.1) is 11.8 Å². The number of nitrogens with zero attached hydrogens (tertiary/aromatic N) is 3. The largest absolute Gasteiger partial charge is 0.493 e. The van der Waals surface area contributed by atoms with Crippen molar-refractivity contribution in [2.24, 2.45) is 11.8 Å². The summed E-state index contributed by atoms with van der Waals surface area (Å²) in [6, 6.07) is 15.2. The molecule has 4 rings (SSSR count). The second-order valence-corrected chi connectivity index (χ2v) is 12.5. The van der Waals surface area contributed by atoms with Crippen LogP contribution in [-0.4, -0.2) is 43.0 Å². The van der Waals surface area contributed by atoms with Crippen LogP contribution in [-0.2, 0) is 10.0 Å². The molecule has 1 fully saturated rings. The third kappa shape index (κ3) is 6.07. The molecule has 1 aliphatic rings. The Bertz CT molecular complexity index is 1430. The van der Waals surface area contributed by atoms with Gasteiger partial charge in [0, 0.05) is 19.1 Å². The molecule has 3 aromatic rings. The van der Waals surface area contributed by atoms with Gasteiger partial charge in [-0.2, -0.15) is 8.42 Å². The summed E-state index contributed by atoms with van der Waals surface area (Å²) in [4.78, 5) is 24.2. The maximum Gasteiger partial charge on any atom is 0.281 e. The van der Waals surface area contributed by atoms with Crippen LogP contribution in [0.25, 0.3) is 11.3 Å². The molecule has 0 bridgehead atoms. The lowest BCUT2D eigenvalue weighted by Crippen LogP contribution is -2.41. The first kappa shape index (κ1) is 27.4. The van der Waals surface area contributed by atoms with Crippen molar-refractivity contribution in [2.45, 2.75) is 51.6 Å². The highest BCUT2D eigenvalue weighted by Crippen LogP contribution is 2.38. The molecule has 1 unspecified atom stereocenters. The van der Waals surface area contributed by atoms with Crippen LogP contribution in [0.15, 0.2) is 59.6 Å². The lowest BCUT2D eigenvalue weighted by atomic mass is 9.97. The van der Waals surface area contributed by atoms with Gasteiger partial charge in [0.25, 0.3) is 15.9 Å². The summed E-state index contributed by atoms with van der Waals surface area (Å²) in [6.07, 6.45) is 0.910. The number of hydrogen-bond acceptors (Lipinski definition) is 8. The Morgan fingerprint density at radius 1 is 1.16 bits per heavy atom. The van der Waals surface area contributed by atoms with Crippen molar-refractivity contribution in [1.29, 1.82) is 0 Å². The van der Waals surface area contributed by atoms with E-state index in [2.05, 4.69) is 49.2 Å². The number of sulfonamides is 1. The highest BCUT2D eigenvalue weighted by Gasteiger charge is 2.39. The summed E-state index contributed by atoms with van der Waals surface area (Å²) in [5, 5.41) is -0.327. The van der Waals surface area contributed by atoms with E-state index in [0.29, 0.717) is 36.5 Å². The summed E-state index contributed by atoms with van der Waals surface area (Å²) < 4.78 is 33.7. The zero-order valence-corrected chi connectivity index (χ0v) is 23.2. The predicted molar refractivity (Wildman–Crippen MR) is 151 cm³/mol. The summed E-state index contributed by atoms with van der Waals surface area (Å²) in [5.41, 5.74) is 7.06. The summed E-state index contributed by atoms with van der Waals surface area (Å²) in [7, 11) is -4.24. The highest BCUT2D eigenvalue weighted by atomic mass is 32.2. The van der Waals surface area contributed by atoms with Crippen molar-refractivity contribution in [1.82, 2.24) is 14.7 Å². The number of nitrogen functional groups attached to an aromatic ring is 1. The predicted octanol–water partition coefficient (Wildman–Crippen LogP) is 4.75. The SMILES string of the molecule is CC(C)COc1ccc(-c2ccc(C(=O)NS(=O)(=O)c3cccc(N)n3)c(N3CC(C)CC3(C)C)n2)cc1.[HH]. The van der Waals surface area contributed by atoms with E-state index in [1.165, 1.54) is 18.2 Å². The number of anilines is 2. The van der Waals surface area contributed by atoms with Crippen LogP contribution >= 0.6 is 0 Å². The van der Waals surface area contributed by atoms with Gasteiger partial charge < -0.3 is 15.4 Å². The van der Waals surface area contributed by atoms with Crippen LogP contribution in [0.1, 0.15) is 52.8 Å². The molecule has 3 heterocycles. The van der Waals surface area contributed by atoms with Crippen LogP contribution < -0.4 is 20.1 Å². The zero-order chi connectivity index (χ0) is 27.7. The Morgan fingerprint density at radius 3 is 2.47 bits per heavy atom. The molecule has 38 heavy (non-hydrogen) atoms. The monoisotopic (exact) mass is 539 g/mol.